The highest BCUT2D eigenvalue weighted by atomic mass is 79.9. The van der Waals surface area contributed by atoms with Gasteiger partial charge in [0.25, 0.3) is 5.56 Å². The van der Waals surface area contributed by atoms with Crippen LogP contribution >= 0.6 is 15.9 Å². The first-order valence-corrected chi connectivity index (χ1v) is 7.05. The molecule has 2 aromatic rings. The number of nitrogens with zero attached hydrogens (tertiary/aromatic N) is 1. The van der Waals surface area contributed by atoms with Gasteiger partial charge in [0.05, 0.1) is 19.2 Å². The van der Waals surface area contributed by atoms with Crippen LogP contribution in [-0.2, 0) is 11.3 Å². The Morgan fingerprint density at radius 2 is 2.14 bits per heavy atom. The predicted molar refractivity (Wildman–Crippen MR) is 84.4 cm³/mol. The van der Waals surface area contributed by atoms with E-state index in [1.54, 1.807) is 37.4 Å². The van der Waals surface area contributed by atoms with Gasteiger partial charge in [-0.2, -0.15) is 0 Å². The number of nitrogens with two attached hydrogens (primary N) is 1. The molecule has 1 aromatic heterocycles. The molecule has 0 saturated carbocycles. The molecule has 0 spiro atoms. The Bertz CT molecular complexity index is 753. The molecule has 0 unspecified atom stereocenters. The lowest BCUT2D eigenvalue weighted by Crippen LogP contribution is -2.23. The molecule has 0 aliphatic rings. The molecule has 1 aromatic carbocycles. The zero-order valence-electron chi connectivity index (χ0n) is 11.7. The Morgan fingerprint density at radius 1 is 1.43 bits per heavy atom. The maximum atomic E-state index is 12.2. The van der Waals surface area contributed by atoms with Crippen molar-refractivity contribution in [3.63, 3.8) is 0 Å². The first-order valence-electron chi connectivity index (χ1n) is 6.26. The molecule has 21 heavy (non-hydrogen) atoms. The van der Waals surface area contributed by atoms with Crippen molar-refractivity contribution in [2.45, 2.75) is 13.5 Å². The van der Waals surface area contributed by atoms with Crippen molar-refractivity contribution in [3.05, 3.63) is 62.0 Å². The van der Waals surface area contributed by atoms with Crippen LogP contribution < -0.4 is 11.3 Å². The summed E-state index contributed by atoms with van der Waals surface area (Å²) in [5.74, 6) is -0.511. The van der Waals surface area contributed by atoms with E-state index in [4.69, 9.17) is 10.5 Å². The number of aryl methyl sites for hydroxylation is 1. The molecule has 0 aliphatic carbocycles. The minimum atomic E-state index is -0.511. The van der Waals surface area contributed by atoms with Gasteiger partial charge in [-0.15, -0.1) is 0 Å². The van der Waals surface area contributed by atoms with Crippen LogP contribution in [0.15, 0.2) is 39.7 Å². The SMILES string of the molecule is COC(=O)c1c(N)cccc1Cn1cc(Br)cc(C)c1=O. The molecule has 0 bridgehead atoms. The van der Waals surface area contributed by atoms with Crippen molar-refractivity contribution in [1.29, 1.82) is 0 Å². The molecule has 0 fully saturated rings. The molecule has 0 saturated heterocycles. The van der Waals surface area contributed by atoms with Gasteiger partial charge >= 0.3 is 5.97 Å². The second-order valence-corrected chi connectivity index (χ2v) is 5.56. The summed E-state index contributed by atoms with van der Waals surface area (Å²) in [5, 5.41) is 0. The van der Waals surface area contributed by atoms with E-state index in [0.717, 1.165) is 4.47 Å². The maximum Gasteiger partial charge on any atom is 0.340 e. The number of hydrogen-bond acceptors (Lipinski definition) is 4. The van der Waals surface area contributed by atoms with Crippen molar-refractivity contribution in [2.24, 2.45) is 0 Å². The van der Waals surface area contributed by atoms with E-state index in [2.05, 4.69) is 15.9 Å². The number of rotatable bonds is 3. The largest absolute Gasteiger partial charge is 0.465 e. The van der Waals surface area contributed by atoms with Gasteiger partial charge in [0.1, 0.15) is 0 Å². The summed E-state index contributed by atoms with van der Waals surface area (Å²) in [7, 11) is 1.30. The number of pyridine rings is 1. The van der Waals surface area contributed by atoms with Crippen molar-refractivity contribution < 1.29 is 9.53 Å². The zero-order chi connectivity index (χ0) is 15.6. The first-order chi connectivity index (χ1) is 9.93. The molecule has 0 radical (unpaired) electrons. The van der Waals surface area contributed by atoms with Crippen molar-refractivity contribution in [1.82, 2.24) is 4.57 Å². The van der Waals surface area contributed by atoms with Gasteiger partial charge in [0.15, 0.2) is 0 Å². The van der Waals surface area contributed by atoms with Crippen LogP contribution in [0.5, 0.6) is 0 Å². The average molecular weight is 351 g/mol. The number of aromatic nitrogens is 1. The fourth-order valence-electron chi connectivity index (χ4n) is 2.14. The van der Waals surface area contributed by atoms with Gasteiger partial charge in [0, 0.05) is 21.9 Å². The molecule has 110 valence electrons. The molecular formula is C15H15BrN2O3. The maximum absolute atomic E-state index is 12.2. The quantitative estimate of drug-likeness (QED) is 0.680. The number of carbonyl (C=O) groups excluding carboxylic acids is 1. The first kappa shape index (κ1) is 15.3. The highest BCUT2D eigenvalue weighted by Crippen LogP contribution is 2.19. The van der Waals surface area contributed by atoms with Crippen LogP contribution in [0, 0.1) is 6.92 Å². The molecular weight excluding hydrogens is 336 g/mol. The van der Waals surface area contributed by atoms with E-state index in [0.29, 0.717) is 22.4 Å². The molecule has 2 rings (SSSR count). The van der Waals surface area contributed by atoms with Gasteiger partial charge in [-0.25, -0.2) is 4.79 Å². The van der Waals surface area contributed by atoms with Crippen molar-refractivity contribution in [3.8, 4) is 0 Å². The number of carbonyl (C=O) groups is 1. The molecule has 0 aliphatic heterocycles. The Kier molecular flexibility index (Phi) is 4.47. The monoisotopic (exact) mass is 350 g/mol. The summed E-state index contributed by atoms with van der Waals surface area (Å²) in [4.78, 5) is 24.0. The van der Waals surface area contributed by atoms with Crippen LogP contribution in [0.4, 0.5) is 5.69 Å². The van der Waals surface area contributed by atoms with Crippen LogP contribution in [0.25, 0.3) is 0 Å². The number of benzene rings is 1. The molecule has 5 nitrogen and oxygen atoms in total. The van der Waals surface area contributed by atoms with Crippen LogP contribution in [0.1, 0.15) is 21.5 Å². The van der Waals surface area contributed by atoms with E-state index in [-0.39, 0.29) is 12.1 Å². The van der Waals surface area contributed by atoms with E-state index in [1.807, 2.05) is 0 Å². The minimum absolute atomic E-state index is 0.114. The number of nitrogen functional groups attached to an aromatic ring is 1. The van der Waals surface area contributed by atoms with Crippen molar-refractivity contribution >= 4 is 27.6 Å². The Morgan fingerprint density at radius 3 is 2.81 bits per heavy atom. The lowest BCUT2D eigenvalue weighted by atomic mass is 10.1. The molecule has 2 N–H and O–H groups in total. The summed E-state index contributed by atoms with van der Waals surface area (Å²) < 4.78 is 7.08. The number of methoxy groups -OCH3 is 1. The van der Waals surface area contributed by atoms with Gasteiger partial charge in [-0.05, 0) is 40.5 Å². The van der Waals surface area contributed by atoms with E-state index >= 15 is 0 Å². The minimum Gasteiger partial charge on any atom is -0.465 e. The van der Waals surface area contributed by atoms with E-state index in [9.17, 15) is 9.59 Å². The van der Waals surface area contributed by atoms with Gasteiger partial charge < -0.3 is 15.0 Å². The number of ether oxygens (including phenoxy) is 1. The van der Waals surface area contributed by atoms with Gasteiger partial charge in [0.2, 0.25) is 0 Å². The van der Waals surface area contributed by atoms with Gasteiger partial charge in [-0.1, -0.05) is 12.1 Å². The van der Waals surface area contributed by atoms with E-state index < -0.39 is 5.97 Å². The lowest BCUT2D eigenvalue weighted by Gasteiger charge is -2.13. The highest BCUT2D eigenvalue weighted by Gasteiger charge is 2.16. The summed E-state index contributed by atoms with van der Waals surface area (Å²) in [6, 6.07) is 6.88. The Labute approximate surface area is 130 Å². The summed E-state index contributed by atoms with van der Waals surface area (Å²) in [6.07, 6.45) is 1.68. The van der Waals surface area contributed by atoms with Crippen LogP contribution in [-0.4, -0.2) is 17.6 Å². The van der Waals surface area contributed by atoms with Crippen molar-refractivity contribution in [2.75, 3.05) is 12.8 Å². The number of hydrogen-bond donors (Lipinski definition) is 1. The summed E-state index contributed by atoms with van der Waals surface area (Å²) in [6.45, 7) is 1.98. The number of halogens is 1. The normalized spacial score (nSPS) is 10.4. The second-order valence-electron chi connectivity index (χ2n) is 4.65. The number of anilines is 1. The Hall–Kier alpha value is -2.08. The topological polar surface area (TPSA) is 74.3 Å². The average Bonchev–Trinajstić information content (AvgIpc) is 2.43. The smallest absolute Gasteiger partial charge is 0.340 e. The molecule has 1 heterocycles. The molecule has 0 amide bonds. The fourth-order valence-corrected chi connectivity index (χ4v) is 2.73. The third kappa shape index (κ3) is 3.16. The fraction of sp³-hybridized carbons (Fsp3) is 0.200. The summed E-state index contributed by atoms with van der Waals surface area (Å²) in [5.41, 5.74) is 7.62. The number of esters is 1. The van der Waals surface area contributed by atoms with Gasteiger partial charge in [-0.3, -0.25) is 4.79 Å². The zero-order valence-corrected chi connectivity index (χ0v) is 13.3. The standard InChI is InChI=1S/C15H15BrN2O3/c1-9-6-11(16)8-18(14(9)19)7-10-4-3-5-12(17)13(10)15(20)21-2/h3-6,8H,7,17H2,1-2H3. The predicted octanol–water partition coefficient (Wildman–Crippen LogP) is 2.34. The van der Waals surface area contributed by atoms with E-state index in [1.165, 1.54) is 11.7 Å². The molecule has 6 heteroatoms. The summed E-state index contributed by atoms with van der Waals surface area (Å²) >= 11 is 3.36. The third-order valence-electron chi connectivity index (χ3n) is 3.14. The highest BCUT2D eigenvalue weighted by molar-refractivity contribution is 9.10. The molecule has 0 atom stereocenters. The van der Waals surface area contributed by atoms with Crippen LogP contribution in [0.3, 0.4) is 0 Å². The van der Waals surface area contributed by atoms with Crippen LogP contribution in [0.2, 0.25) is 0 Å². The Balaban J connectivity index is 2.53. The lowest BCUT2D eigenvalue weighted by molar-refractivity contribution is 0.0600. The second kappa shape index (κ2) is 6.13. The third-order valence-corrected chi connectivity index (χ3v) is 3.58.